The Bertz CT molecular complexity index is 171. The van der Waals surface area contributed by atoms with Crippen LogP contribution < -0.4 is 0 Å². The SMILES string of the molecule is CCCN(C)C(=N)C(C)(C)C(C)C. The molecule has 0 fully saturated rings. The Kier molecular flexibility index (Phi) is 4.45. The summed E-state index contributed by atoms with van der Waals surface area (Å²) in [5.74, 6) is 1.27. The van der Waals surface area contributed by atoms with Gasteiger partial charge < -0.3 is 4.90 Å². The van der Waals surface area contributed by atoms with E-state index in [0.29, 0.717) is 5.92 Å². The third kappa shape index (κ3) is 3.02. The molecule has 1 N–H and O–H groups in total. The minimum atomic E-state index is -0.01000. The maximum absolute atomic E-state index is 8.06. The number of rotatable bonds is 4. The molecule has 0 aliphatic carbocycles. The zero-order valence-electron chi connectivity index (χ0n) is 9.94. The molecule has 0 amide bonds. The van der Waals surface area contributed by atoms with Crippen LogP contribution >= 0.6 is 0 Å². The van der Waals surface area contributed by atoms with Gasteiger partial charge in [-0.25, -0.2) is 0 Å². The minimum Gasteiger partial charge on any atom is -0.363 e. The van der Waals surface area contributed by atoms with Crippen molar-refractivity contribution < 1.29 is 0 Å². The van der Waals surface area contributed by atoms with Crippen LogP contribution in [0.25, 0.3) is 0 Å². The van der Waals surface area contributed by atoms with Crippen molar-refractivity contribution in [3.05, 3.63) is 0 Å². The first kappa shape index (κ1) is 12.5. The summed E-state index contributed by atoms with van der Waals surface area (Å²) >= 11 is 0. The quantitative estimate of drug-likeness (QED) is 0.528. The van der Waals surface area contributed by atoms with E-state index in [1.807, 2.05) is 7.05 Å². The van der Waals surface area contributed by atoms with E-state index in [4.69, 9.17) is 5.41 Å². The molecular weight excluding hydrogens is 160 g/mol. The molecule has 0 saturated heterocycles. The standard InChI is InChI=1S/C11H24N2/c1-7-8-13(6)10(12)11(4,5)9(2)3/h9,12H,7-8H2,1-6H3. The number of hydrogen-bond donors (Lipinski definition) is 1. The second-order valence-electron chi connectivity index (χ2n) is 4.65. The molecule has 0 bridgehead atoms. The number of amidine groups is 1. The summed E-state index contributed by atoms with van der Waals surface area (Å²) in [4.78, 5) is 2.06. The molecule has 0 spiro atoms. The van der Waals surface area contributed by atoms with Crippen molar-refractivity contribution in [2.75, 3.05) is 13.6 Å². The van der Waals surface area contributed by atoms with Gasteiger partial charge in [0, 0.05) is 19.0 Å². The van der Waals surface area contributed by atoms with E-state index >= 15 is 0 Å². The normalized spacial score (nSPS) is 11.9. The summed E-state index contributed by atoms with van der Waals surface area (Å²) in [5, 5.41) is 8.06. The lowest BCUT2D eigenvalue weighted by atomic mass is 9.79. The molecule has 0 rings (SSSR count). The third-order valence-electron chi connectivity index (χ3n) is 2.99. The van der Waals surface area contributed by atoms with Crippen LogP contribution in [-0.4, -0.2) is 24.3 Å². The third-order valence-corrected chi connectivity index (χ3v) is 2.99. The summed E-state index contributed by atoms with van der Waals surface area (Å²) in [7, 11) is 2.01. The number of nitrogens with one attached hydrogen (secondary N) is 1. The lowest BCUT2D eigenvalue weighted by Gasteiger charge is -2.35. The van der Waals surface area contributed by atoms with Crippen LogP contribution in [0.5, 0.6) is 0 Å². The van der Waals surface area contributed by atoms with Crippen molar-refractivity contribution in [3.8, 4) is 0 Å². The van der Waals surface area contributed by atoms with E-state index in [-0.39, 0.29) is 5.41 Å². The van der Waals surface area contributed by atoms with Crippen LogP contribution in [0, 0.1) is 16.7 Å². The topological polar surface area (TPSA) is 27.1 Å². The van der Waals surface area contributed by atoms with Crippen LogP contribution in [0.15, 0.2) is 0 Å². The molecule has 0 aromatic heterocycles. The zero-order valence-corrected chi connectivity index (χ0v) is 9.94. The molecule has 0 aromatic rings. The molecule has 13 heavy (non-hydrogen) atoms. The minimum absolute atomic E-state index is 0.01000. The first-order chi connectivity index (χ1) is 5.84. The van der Waals surface area contributed by atoms with Crippen molar-refractivity contribution in [3.63, 3.8) is 0 Å². The van der Waals surface area contributed by atoms with E-state index < -0.39 is 0 Å². The summed E-state index contributed by atoms with van der Waals surface area (Å²) in [6, 6.07) is 0. The predicted molar refractivity (Wildman–Crippen MR) is 59.3 cm³/mol. The van der Waals surface area contributed by atoms with E-state index in [0.717, 1.165) is 18.8 Å². The van der Waals surface area contributed by atoms with Gasteiger partial charge in [0.25, 0.3) is 0 Å². The highest BCUT2D eigenvalue weighted by Gasteiger charge is 2.29. The summed E-state index contributed by atoms with van der Waals surface area (Å²) < 4.78 is 0. The fourth-order valence-electron chi connectivity index (χ4n) is 1.21. The van der Waals surface area contributed by atoms with Gasteiger partial charge in [-0.2, -0.15) is 0 Å². The Morgan fingerprint density at radius 2 is 1.85 bits per heavy atom. The van der Waals surface area contributed by atoms with Crippen molar-refractivity contribution in [2.24, 2.45) is 11.3 Å². The van der Waals surface area contributed by atoms with Crippen molar-refractivity contribution in [1.82, 2.24) is 4.90 Å². The van der Waals surface area contributed by atoms with Gasteiger partial charge in [-0.3, -0.25) is 5.41 Å². The van der Waals surface area contributed by atoms with Gasteiger partial charge in [0.05, 0.1) is 0 Å². The lowest BCUT2D eigenvalue weighted by Crippen LogP contribution is -2.41. The summed E-state index contributed by atoms with van der Waals surface area (Å²) in [5.41, 5.74) is -0.01000. The van der Waals surface area contributed by atoms with E-state index in [1.165, 1.54) is 0 Å². The molecule has 0 aliphatic rings. The molecule has 2 heteroatoms. The highest BCUT2D eigenvalue weighted by atomic mass is 15.1. The molecule has 0 heterocycles. The zero-order chi connectivity index (χ0) is 10.6. The Balaban J connectivity index is 4.40. The fraction of sp³-hybridized carbons (Fsp3) is 0.909. The van der Waals surface area contributed by atoms with Gasteiger partial charge in [-0.15, -0.1) is 0 Å². The maximum Gasteiger partial charge on any atom is 0.102 e. The molecule has 0 saturated carbocycles. The largest absolute Gasteiger partial charge is 0.363 e. The maximum atomic E-state index is 8.06. The Morgan fingerprint density at radius 3 is 2.15 bits per heavy atom. The molecule has 2 nitrogen and oxygen atoms in total. The summed E-state index contributed by atoms with van der Waals surface area (Å²) in [6.45, 7) is 11.8. The van der Waals surface area contributed by atoms with Gasteiger partial charge in [0.2, 0.25) is 0 Å². The molecule has 0 unspecified atom stereocenters. The molecule has 78 valence electrons. The van der Waals surface area contributed by atoms with Gasteiger partial charge in [-0.1, -0.05) is 34.6 Å². The first-order valence-electron chi connectivity index (χ1n) is 5.14. The van der Waals surface area contributed by atoms with Gasteiger partial charge in [-0.05, 0) is 12.3 Å². The van der Waals surface area contributed by atoms with Gasteiger partial charge in [0.1, 0.15) is 5.84 Å². The molecule has 0 aliphatic heterocycles. The Morgan fingerprint density at radius 1 is 1.38 bits per heavy atom. The highest BCUT2D eigenvalue weighted by molar-refractivity contribution is 5.84. The van der Waals surface area contributed by atoms with Crippen LogP contribution in [0.3, 0.4) is 0 Å². The molecule has 0 radical (unpaired) electrons. The van der Waals surface area contributed by atoms with Crippen molar-refractivity contribution in [2.45, 2.75) is 41.0 Å². The Labute approximate surface area is 82.8 Å². The first-order valence-corrected chi connectivity index (χ1v) is 5.14. The molecular formula is C11H24N2. The predicted octanol–water partition coefficient (Wildman–Crippen LogP) is 2.99. The molecule has 0 aromatic carbocycles. The fourth-order valence-corrected chi connectivity index (χ4v) is 1.21. The van der Waals surface area contributed by atoms with E-state index in [9.17, 15) is 0 Å². The van der Waals surface area contributed by atoms with Crippen LogP contribution in [0.2, 0.25) is 0 Å². The number of nitrogens with zero attached hydrogens (tertiary/aromatic N) is 1. The van der Waals surface area contributed by atoms with Gasteiger partial charge in [0.15, 0.2) is 0 Å². The van der Waals surface area contributed by atoms with Crippen LogP contribution in [-0.2, 0) is 0 Å². The number of hydrogen-bond acceptors (Lipinski definition) is 1. The highest BCUT2D eigenvalue weighted by Crippen LogP contribution is 2.28. The second-order valence-corrected chi connectivity index (χ2v) is 4.65. The molecule has 0 atom stereocenters. The average Bonchev–Trinajstić information content (AvgIpc) is 2.03. The van der Waals surface area contributed by atoms with Crippen LogP contribution in [0.4, 0.5) is 0 Å². The average molecular weight is 184 g/mol. The second kappa shape index (κ2) is 4.64. The van der Waals surface area contributed by atoms with Crippen molar-refractivity contribution >= 4 is 5.84 Å². The summed E-state index contributed by atoms with van der Waals surface area (Å²) in [6.07, 6.45) is 1.10. The van der Waals surface area contributed by atoms with E-state index in [1.54, 1.807) is 0 Å². The lowest BCUT2D eigenvalue weighted by molar-refractivity contribution is 0.313. The van der Waals surface area contributed by atoms with Gasteiger partial charge >= 0.3 is 0 Å². The monoisotopic (exact) mass is 184 g/mol. The van der Waals surface area contributed by atoms with Crippen molar-refractivity contribution in [1.29, 1.82) is 5.41 Å². The van der Waals surface area contributed by atoms with E-state index in [2.05, 4.69) is 39.5 Å². The smallest absolute Gasteiger partial charge is 0.102 e. The Hall–Kier alpha value is -0.530. The van der Waals surface area contributed by atoms with Crippen LogP contribution in [0.1, 0.15) is 41.0 Å².